The summed E-state index contributed by atoms with van der Waals surface area (Å²) < 4.78 is 37.5. The van der Waals surface area contributed by atoms with E-state index in [0.717, 1.165) is 19.4 Å². The van der Waals surface area contributed by atoms with Crippen molar-refractivity contribution in [2.75, 3.05) is 19.6 Å². The predicted octanol–water partition coefficient (Wildman–Crippen LogP) is 3.35. The van der Waals surface area contributed by atoms with E-state index >= 15 is 0 Å². The first-order valence-electron chi connectivity index (χ1n) is 7.04. The molecular weight excluding hydrogens is 253 g/mol. The number of alkyl halides is 3. The van der Waals surface area contributed by atoms with Crippen molar-refractivity contribution in [1.29, 1.82) is 0 Å². The van der Waals surface area contributed by atoms with Gasteiger partial charge in [0, 0.05) is 30.7 Å². The molecule has 1 aliphatic heterocycles. The minimum atomic E-state index is -4.14. The van der Waals surface area contributed by atoms with Crippen LogP contribution < -0.4 is 5.32 Å². The van der Waals surface area contributed by atoms with E-state index in [4.69, 9.17) is 0 Å². The Morgan fingerprint density at radius 3 is 2.47 bits per heavy atom. The molecule has 5 heteroatoms. The Bertz CT molecular complexity index is 298. The van der Waals surface area contributed by atoms with Gasteiger partial charge >= 0.3 is 6.18 Å². The van der Waals surface area contributed by atoms with Crippen molar-refractivity contribution in [3.8, 4) is 0 Å². The van der Waals surface area contributed by atoms with Gasteiger partial charge in [-0.2, -0.15) is 13.2 Å². The van der Waals surface area contributed by atoms with Crippen LogP contribution in [0, 0.1) is 0 Å². The van der Waals surface area contributed by atoms with Crippen molar-refractivity contribution < 1.29 is 13.2 Å². The van der Waals surface area contributed by atoms with E-state index < -0.39 is 6.18 Å². The van der Waals surface area contributed by atoms with Gasteiger partial charge in [-0.1, -0.05) is 19.9 Å². The number of hydrogen-bond acceptors (Lipinski definition) is 2. The van der Waals surface area contributed by atoms with E-state index in [1.807, 2.05) is 0 Å². The largest absolute Gasteiger partial charge is 0.412 e. The number of nitrogens with one attached hydrogen (secondary N) is 1. The zero-order valence-corrected chi connectivity index (χ0v) is 12.1. The molecule has 0 amide bonds. The first kappa shape index (κ1) is 16.5. The van der Waals surface area contributed by atoms with Crippen LogP contribution in [0.3, 0.4) is 0 Å². The molecule has 0 aromatic carbocycles. The highest BCUT2D eigenvalue weighted by Gasteiger charge is 2.35. The second-order valence-electron chi connectivity index (χ2n) is 5.57. The summed E-state index contributed by atoms with van der Waals surface area (Å²) in [6.07, 6.45) is -0.596. The average molecular weight is 278 g/mol. The zero-order chi connectivity index (χ0) is 14.5. The van der Waals surface area contributed by atoms with Crippen LogP contribution in [-0.4, -0.2) is 42.8 Å². The molecule has 2 nitrogen and oxygen atoms in total. The van der Waals surface area contributed by atoms with Gasteiger partial charge in [0.15, 0.2) is 0 Å². The predicted molar refractivity (Wildman–Crippen MR) is 72.2 cm³/mol. The van der Waals surface area contributed by atoms with Crippen LogP contribution >= 0.6 is 0 Å². The van der Waals surface area contributed by atoms with E-state index in [9.17, 15) is 13.2 Å². The summed E-state index contributed by atoms with van der Waals surface area (Å²) in [5, 5.41) is 3.35. The lowest BCUT2D eigenvalue weighted by atomic mass is 10.0. The maximum absolute atomic E-state index is 12.5. The van der Waals surface area contributed by atoms with Gasteiger partial charge < -0.3 is 5.32 Å². The van der Waals surface area contributed by atoms with E-state index in [1.54, 1.807) is 0 Å². The summed E-state index contributed by atoms with van der Waals surface area (Å²) in [7, 11) is 0. The van der Waals surface area contributed by atoms with Crippen LogP contribution in [-0.2, 0) is 0 Å². The quantitative estimate of drug-likeness (QED) is 0.592. The molecule has 0 spiro atoms. The molecule has 1 heterocycles. The molecule has 0 radical (unpaired) electrons. The number of halogens is 3. The Morgan fingerprint density at radius 1 is 1.32 bits per heavy atom. The fourth-order valence-corrected chi connectivity index (χ4v) is 2.31. The first-order chi connectivity index (χ1) is 8.80. The highest BCUT2D eigenvalue weighted by atomic mass is 19.4. The molecule has 0 saturated heterocycles. The van der Waals surface area contributed by atoms with Crippen molar-refractivity contribution in [3.63, 3.8) is 0 Å². The normalized spacial score (nSPS) is 19.6. The third kappa shape index (κ3) is 5.95. The maximum atomic E-state index is 12.5. The van der Waals surface area contributed by atoms with Gasteiger partial charge in [-0.3, -0.25) is 4.90 Å². The Balaban J connectivity index is 2.29. The van der Waals surface area contributed by atoms with E-state index in [0.29, 0.717) is 25.2 Å². The highest BCUT2D eigenvalue weighted by Crippen LogP contribution is 2.30. The van der Waals surface area contributed by atoms with Crippen molar-refractivity contribution in [1.82, 2.24) is 10.2 Å². The molecule has 0 aromatic heterocycles. The minimum Gasteiger partial charge on any atom is -0.315 e. The standard InChI is InChI=1S/C14H25F3N2/c1-11(2)18-8-4-5-12(3)19-9-6-13(7-10-19)14(15,16)17/h6,11-12,18H,4-5,7-10H2,1-3H3. The molecule has 19 heavy (non-hydrogen) atoms. The second kappa shape index (κ2) is 7.29. The SMILES string of the molecule is CC(C)NCCCC(C)N1CC=C(C(F)(F)F)CC1. The lowest BCUT2D eigenvalue weighted by Crippen LogP contribution is -2.38. The molecule has 1 aliphatic rings. The summed E-state index contributed by atoms with van der Waals surface area (Å²) in [4.78, 5) is 2.13. The van der Waals surface area contributed by atoms with Crippen molar-refractivity contribution in [2.24, 2.45) is 0 Å². The van der Waals surface area contributed by atoms with Crippen LogP contribution in [0.25, 0.3) is 0 Å². The molecule has 1 unspecified atom stereocenters. The van der Waals surface area contributed by atoms with E-state index in [1.165, 1.54) is 6.08 Å². The monoisotopic (exact) mass is 278 g/mol. The zero-order valence-electron chi connectivity index (χ0n) is 12.1. The van der Waals surface area contributed by atoms with Crippen LogP contribution in [0.1, 0.15) is 40.0 Å². The highest BCUT2D eigenvalue weighted by molar-refractivity contribution is 5.13. The summed E-state index contributed by atoms with van der Waals surface area (Å²) in [6.45, 7) is 8.23. The molecular formula is C14H25F3N2. The number of rotatable bonds is 6. The fourth-order valence-electron chi connectivity index (χ4n) is 2.31. The Kier molecular flexibility index (Phi) is 6.33. The van der Waals surface area contributed by atoms with Gasteiger partial charge in [0.05, 0.1) is 0 Å². The fraction of sp³-hybridized carbons (Fsp3) is 0.857. The van der Waals surface area contributed by atoms with Gasteiger partial charge in [0.1, 0.15) is 0 Å². The Hall–Kier alpha value is -0.550. The summed E-state index contributed by atoms with van der Waals surface area (Å²) in [6, 6.07) is 0.836. The molecule has 0 bridgehead atoms. The number of nitrogens with zero attached hydrogens (tertiary/aromatic N) is 1. The smallest absolute Gasteiger partial charge is 0.315 e. The average Bonchev–Trinajstić information content (AvgIpc) is 2.33. The van der Waals surface area contributed by atoms with Gasteiger partial charge in [0.2, 0.25) is 0 Å². The minimum absolute atomic E-state index is 0.123. The summed E-state index contributed by atoms with van der Waals surface area (Å²) in [5.74, 6) is 0. The van der Waals surface area contributed by atoms with E-state index in [2.05, 4.69) is 31.0 Å². The molecule has 1 atom stereocenters. The molecule has 112 valence electrons. The van der Waals surface area contributed by atoms with Crippen LogP contribution in [0.15, 0.2) is 11.6 Å². The summed E-state index contributed by atoms with van der Waals surface area (Å²) >= 11 is 0. The van der Waals surface area contributed by atoms with Crippen molar-refractivity contribution in [3.05, 3.63) is 11.6 Å². The Morgan fingerprint density at radius 2 is 2.00 bits per heavy atom. The molecule has 0 saturated carbocycles. The summed E-state index contributed by atoms with van der Waals surface area (Å²) in [5.41, 5.74) is -0.363. The molecule has 0 aliphatic carbocycles. The van der Waals surface area contributed by atoms with Crippen molar-refractivity contribution in [2.45, 2.75) is 58.3 Å². The maximum Gasteiger partial charge on any atom is 0.412 e. The molecule has 1 rings (SSSR count). The second-order valence-corrected chi connectivity index (χ2v) is 5.57. The topological polar surface area (TPSA) is 15.3 Å². The lowest BCUT2D eigenvalue weighted by Gasteiger charge is -2.32. The third-order valence-corrected chi connectivity index (χ3v) is 3.58. The van der Waals surface area contributed by atoms with Gasteiger partial charge in [0.25, 0.3) is 0 Å². The molecule has 0 aromatic rings. The van der Waals surface area contributed by atoms with Gasteiger partial charge in [-0.05, 0) is 32.7 Å². The first-order valence-corrected chi connectivity index (χ1v) is 7.04. The lowest BCUT2D eigenvalue weighted by molar-refractivity contribution is -0.0963. The third-order valence-electron chi connectivity index (χ3n) is 3.58. The van der Waals surface area contributed by atoms with Crippen LogP contribution in [0.4, 0.5) is 13.2 Å². The Labute approximate surface area is 114 Å². The molecule has 0 fully saturated rings. The van der Waals surface area contributed by atoms with E-state index in [-0.39, 0.29) is 12.0 Å². The van der Waals surface area contributed by atoms with Crippen LogP contribution in [0.2, 0.25) is 0 Å². The molecule has 1 N–H and O–H groups in total. The van der Waals surface area contributed by atoms with Gasteiger partial charge in [-0.25, -0.2) is 0 Å². The van der Waals surface area contributed by atoms with Gasteiger partial charge in [-0.15, -0.1) is 0 Å². The van der Waals surface area contributed by atoms with Crippen molar-refractivity contribution >= 4 is 0 Å². The number of hydrogen-bond donors (Lipinski definition) is 1. The van der Waals surface area contributed by atoms with Crippen LogP contribution in [0.5, 0.6) is 0 Å².